The largest absolute Gasteiger partial charge is 0.370 e. The fourth-order valence-electron chi connectivity index (χ4n) is 1.85. The Labute approximate surface area is 112 Å². The lowest BCUT2D eigenvalue weighted by atomic mass is 10.3. The van der Waals surface area contributed by atoms with Crippen LogP contribution in [0.5, 0.6) is 0 Å². The average molecular weight is 265 g/mol. The minimum absolute atomic E-state index is 0.513. The topological polar surface area (TPSA) is 42.7 Å². The Hall–Kier alpha value is -1.55. The Kier molecular flexibility index (Phi) is 4.20. The molecule has 0 spiro atoms. The van der Waals surface area contributed by atoms with Gasteiger partial charge in [-0.3, -0.25) is 4.68 Å². The van der Waals surface area contributed by atoms with Gasteiger partial charge in [-0.1, -0.05) is 17.7 Å². The van der Waals surface area contributed by atoms with Gasteiger partial charge in [-0.05, 0) is 38.5 Å². The van der Waals surface area contributed by atoms with Crippen molar-refractivity contribution in [2.24, 2.45) is 0 Å². The summed E-state index contributed by atoms with van der Waals surface area (Å²) in [4.78, 5) is 4.17. The van der Waals surface area contributed by atoms with E-state index in [2.05, 4.69) is 28.4 Å². The van der Waals surface area contributed by atoms with Crippen molar-refractivity contribution < 1.29 is 0 Å². The lowest BCUT2D eigenvalue weighted by molar-refractivity contribution is 0.573. The Morgan fingerprint density at radius 2 is 2.17 bits per heavy atom. The van der Waals surface area contributed by atoms with Crippen molar-refractivity contribution in [1.82, 2.24) is 14.8 Å². The summed E-state index contributed by atoms with van der Waals surface area (Å²) in [6.07, 6.45) is 0.996. The molecule has 96 valence electrons. The normalized spacial score (nSPS) is 10.6. The van der Waals surface area contributed by atoms with Gasteiger partial charge >= 0.3 is 0 Å². The molecule has 0 bridgehead atoms. The predicted octanol–water partition coefficient (Wildman–Crippen LogP) is 3.05. The summed E-state index contributed by atoms with van der Waals surface area (Å²) in [5, 5.41) is 8.18. The molecule has 0 aliphatic rings. The fourth-order valence-corrected chi connectivity index (χ4v) is 2.02. The molecular weight excluding hydrogens is 248 g/mol. The highest BCUT2D eigenvalue weighted by Gasteiger charge is 2.00. The van der Waals surface area contributed by atoms with Crippen LogP contribution < -0.4 is 5.32 Å². The van der Waals surface area contributed by atoms with Gasteiger partial charge in [0.25, 0.3) is 0 Å². The average Bonchev–Trinajstić information content (AvgIpc) is 2.64. The molecule has 0 radical (unpaired) electrons. The molecule has 0 atom stereocenters. The highest BCUT2D eigenvalue weighted by atomic mass is 35.5. The zero-order chi connectivity index (χ0) is 13.0. The first-order valence-corrected chi connectivity index (χ1v) is 6.40. The molecule has 0 fully saturated rings. The van der Waals surface area contributed by atoms with Crippen molar-refractivity contribution >= 4 is 17.4 Å². The second-order valence-corrected chi connectivity index (χ2v) is 4.66. The van der Waals surface area contributed by atoms with Gasteiger partial charge in [0.05, 0.1) is 5.69 Å². The third-order valence-corrected chi connectivity index (χ3v) is 2.88. The first-order chi connectivity index (χ1) is 8.65. The van der Waals surface area contributed by atoms with Crippen LogP contribution in [0.1, 0.15) is 17.8 Å². The molecule has 2 aromatic rings. The molecule has 2 aromatic heterocycles. The molecule has 0 amide bonds. The fraction of sp³-hybridized carbons (Fsp3) is 0.385. The predicted molar refractivity (Wildman–Crippen MR) is 74.1 cm³/mol. The minimum atomic E-state index is 0.513. The molecule has 4 nitrogen and oxygen atoms in total. The molecule has 0 saturated heterocycles. The molecule has 0 aromatic carbocycles. The Balaban J connectivity index is 1.78. The first kappa shape index (κ1) is 12.9. The Morgan fingerprint density at radius 3 is 2.83 bits per heavy atom. The van der Waals surface area contributed by atoms with Crippen molar-refractivity contribution in [1.29, 1.82) is 0 Å². The maximum Gasteiger partial charge on any atom is 0.131 e. The van der Waals surface area contributed by atoms with Crippen LogP contribution in [0.3, 0.4) is 0 Å². The van der Waals surface area contributed by atoms with E-state index in [1.54, 1.807) is 6.07 Å². The molecule has 2 heterocycles. The summed E-state index contributed by atoms with van der Waals surface area (Å²) in [6, 6.07) is 7.66. The second kappa shape index (κ2) is 5.87. The SMILES string of the molecule is Cc1cc(C)n(CCCNc2cccc(Cl)n2)n1. The van der Waals surface area contributed by atoms with E-state index in [0.717, 1.165) is 31.0 Å². The zero-order valence-electron chi connectivity index (χ0n) is 10.7. The van der Waals surface area contributed by atoms with E-state index in [0.29, 0.717) is 5.15 Å². The third-order valence-electron chi connectivity index (χ3n) is 2.67. The number of nitrogens with one attached hydrogen (secondary N) is 1. The molecule has 0 saturated carbocycles. The maximum atomic E-state index is 5.81. The van der Waals surface area contributed by atoms with E-state index in [1.807, 2.05) is 23.7 Å². The Morgan fingerprint density at radius 1 is 1.33 bits per heavy atom. The molecule has 1 N–H and O–H groups in total. The van der Waals surface area contributed by atoms with Gasteiger partial charge in [0.2, 0.25) is 0 Å². The summed E-state index contributed by atoms with van der Waals surface area (Å²) in [6.45, 7) is 5.85. The van der Waals surface area contributed by atoms with Crippen LogP contribution in [0.15, 0.2) is 24.3 Å². The summed E-state index contributed by atoms with van der Waals surface area (Å²) in [5.74, 6) is 0.816. The van der Waals surface area contributed by atoms with Crippen molar-refractivity contribution in [2.45, 2.75) is 26.8 Å². The van der Waals surface area contributed by atoms with Gasteiger partial charge in [-0.2, -0.15) is 5.10 Å². The standard InChI is InChI=1S/C13H17ClN4/c1-10-9-11(2)18(17-10)8-4-7-15-13-6-3-5-12(14)16-13/h3,5-6,9H,4,7-8H2,1-2H3,(H,15,16). The summed E-state index contributed by atoms with van der Waals surface area (Å²) in [7, 11) is 0. The van der Waals surface area contributed by atoms with Crippen LogP contribution in [0, 0.1) is 13.8 Å². The molecule has 5 heteroatoms. The number of pyridine rings is 1. The van der Waals surface area contributed by atoms with Crippen molar-refractivity contribution in [2.75, 3.05) is 11.9 Å². The van der Waals surface area contributed by atoms with Crippen molar-refractivity contribution in [3.05, 3.63) is 40.8 Å². The van der Waals surface area contributed by atoms with Gasteiger partial charge in [-0.25, -0.2) is 4.98 Å². The number of rotatable bonds is 5. The smallest absolute Gasteiger partial charge is 0.131 e. The van der Waals surface area contributed by atoms with E-state index in [9.17, 15) is 0 Å². The van der Waals surface area contributed by atoms with E-state index >= 15 is 0 Å². The highest BCUT2D eigenvalue weighted by Crippen LogP contribution is 2.09. The quantitative estimate of drug-likeness (QED) is 0.667. The number of anilines is 1. The number of halogens is 1. The van der Waals surface area contributed by atoms with E-state index < -0.39 is 0 Å². The Bertz CT molecular complexity index is 521. The lowest BCUT2D eigenvalue weighted by Crippen LogP contribution is -2.09. The summed E-state index contributed by atoms with van der Waals surface area (Å²) in [5.41, 5.74) is 2.27. The number of hydrogen-bond donors (Lipinski definition) is 1. The lowest BCUT2D eigenvalue weighted by Gasteiger charge is -2.07. The number of nitrogens with zero attached hydrogens (tertiary/aromatic N) is 3. The monoisotopic (exact) mass is 264 g/mol. The van der Waals surface area contributed by atoms with Crippen LogP contribution in [-0.4, -0.2) is 21.3 Å². The molecular formula is C13H17ClN4. The van der Waals surface area contributed by atoms with Crippen LogP contribution in [-0.2, 0) is 6.54 Å². The van der Waals surface area contributed by atoms with Gasteiger partial charge in [0, 0.05) is 18.8 Å². The number of aromatic nitrogens is 3. The van der Waals surface area contributed by atoms with Gasteiger partial charge in [-0.15, -0.1) is 0 Å². The first-order valence-electron chi connectivity index (χ1n) is 6.02. The molecule has 0 unspecified atom stereocenters. The van der Waals surface area contributed by atoms with Crippen LogP contribution in [0.25, 0.3) is 0 Å². The van der Waals surface area contributed by atoms with Gasteiger partial charge in [0.15, 0.2) is 0 Å². The third kappa shape index (κ3) is 3.47. The van der Waals surface area contributed by atoms with Gasteiger partial charge in [0.1, 0.15) is 11.0 Å². The van der Waals surface area contributed by atoms with Gasteiger partial charge < -0.3 is 5.32 Å². The van der Waals surface area contributed by atoms with Crippen LogP contribution >= 0.6 is 11.6 Å². The van der Waals surface area contributed by atoms with Crippen LogP contribution in [0.2, 0.25) is 5.15 Å². The zero-order valence-corrected chi connectivity index (χ0v) is 11.4. The van der Waals surface area contributed by atoms with Crippen molar-refractivity contribution in [3.8, 4) is 0 Å². The maximum absolute atomic E-state index is 5.81. The molecule has 0 aliphatic heterocycles. The number of aryl methyl sites for hydroxylation is 3. The second-order valence-electron chi connectivity index (χ2n) is 4.28. The van der Waals surface area contributed by atoms with E-state index in [1.165, 1.54) is 5.69 Å². The van der Waals surface area contributed by atoms with Crippen molar-refractivity contribution in [3.63, 3.8) is 0 Å². The minimum Gasteiger partial charge on any atom is -0.370 e. The summed E-state index contributed by atoms with van der Waals surface area (Å²) >= 11 is 5.81. The molecule has 18 heavy (non-hydrogen) atoms. The molecule has 2 rings (SSSR count). The molecule has 0 aliphatic carbocycles. The summed E-state index contributed by atoms with van der Waals surface area (Å²) < 4.78 is 2.03. The highest BCUT2D eigenvalue weighted by molar-refractivity contribution is 6.29. The van der Waals surface area contributed by atoms with E-state index in [4.69, 9.17) is 11.6 Å². The number of hydrogen-bond acceptors (Lipinski definition) is 3. The van der Waals surface area contributed by atoms with Crippen LogP contribution in [0.4, 0.5) is 5.82 Å². The van der Waals surface area contributed by atoms with E-state index in [-0.39, 0.29) is 0 Å².